The van der Waals surface area contributed by atoms with Gasteiger partial charge in [0.1, 0.15) is 36.8 Å². The molecule has 4 aliphatic rings. The third-order valence-corrected chi connectivity index (χ3v) is 8.11. The molecule has 0 spiro atoms. The van der Waals surface area contributed by atoms with Crippen molar-refractivity contribution < 1.29 is 24.1 Å². The Kier molecular flexibility index (Phi) is 7.47. The van der Waals surface area contributed by atoms with E-state index >= 15 is 0 Å². The lowest BCUT2D eigenvalue weighted by molar-refractivity contribution is -0.162. The van der Waals surface area contributed by atoms with E-state index in [1.54, 1.807) is 18.2 Å². The average Bonchev–Trinajstić information content (AvgIpc) is 3.39. The number of unbranched alkanes of at least 4 members (excludes halogenated alkanes) is 2. The highest BCUT2D eigenvalue weighted by atomic mass is 35.5. The van der Waals surface area contributed by atoms with Crippen molar-refractivity contribution in [1.29, 1.82) is 0 Å². The lowest BCUT2D eigenvalue weighted by Gasteiger charge is -2.46. The fourth-order valence-electron chi connectivity index (χ4n) is 6.12. The molecule has 0 aliphatic carbocycles. The summed E-state index contributed by atoms with van der Waals surface area (Å²) in [4.78, 5) is 4.52. The summed E-state index contributed by atoms with van der Waals surface area (Å²) >= 11 is 6.09. The van der Waals surface area contributed by atoms with E-state index in [9.17, 15) is 14.6 Å². The van der Waals surface area contributed by atoms with Crippen LogP contribution in [0.2, 0.25) is 5.02 Å². The van der Waals surface area contributed by atoms with Crippen molar-refractivity contribution in [3.8, 4) is 0 Å². The molecule has 10 heteroatoms. The second-order valence-corrected chi connectivity index (χ2v) is 10.4. The van der Waals surface area contributed by atoms with E-state index in [0.717, 1.165) is 32.2 Å². The molecule has 5 rings (SSSR count). The molecule has 4 aliphatic heterocycles. The summed E-state index contributed by atoms with van der Waals surface area (Å²) in [6.07, 6.45) is -1.64. The Bertz CT molecular complexity index is 868. The van der Waals surface area contributed by atoms with Crippen LogP contribution in [-0.4, -0.2) is 83.2 Å². The molecule has 0 radical (unpaired) electrons. The van der Waals surface area contributed by atoms with Crippen LogP contribution in [0.3, 0.4) is 0 Å². The number of likely N-dealkylation sites (tertiary alicyclic amines) is 1. The summed E-state index contributed by atoms with van der Waals surface area (Å²) in [5, 5.41) is 26.0. The molecule has 1 aromatic rings. The average molecular weight is 499 g/mol. The van der Waals surface area contributed by atoms with Gasteiger partial charge in [0, 0.05) is 24.0 Å². The van der Waals surface area contributed by atoms with Crippen molar-refractivity contribution in [2.45, 2.75) is 81.8 Å². The third kappa shape index (κ3) is 4.40. The fourth-order valence-corrected chi connectivity index (χ4v) is 6.30. The molecule has 4 heterocycles. The van der Waals surface area contributed by atoms with Crippen LogP contribution in [0, 0.1) is 5.92 Å². The SMILES string of the molecule is CCCCCN1CNC(N)C2CCN([C@@H]3O[C@H]([C@@H]4OC[C@H](F)c5cc(Cl)ccc54)[C@@H](O)[C@H]3O)C21. The van der Waals surface area contributed by atoms with E-state index in [1.165, 1.54) is 0 Å². The number of hydrogen-bond acceptors (Lipinski definition) is 8. The standard InChI is InChI=1S/C24H36ClFN4O4/c1-2-3-4-8-29-12-28-22(27)15-7-9-30(23(15)29)24-19(32)18(31)21(34-24)20-14-6-5-13(25)10-16(14)17(26)11-33-20/h5-6,10,15,17-24,28,31-32H,2-4,7-9,11-12,27H2,1H3/t15?,17-,18-,19+,20+,21-,22?,23?,24+/m0/s1. The number of benzene rings is 1. The second-order valence-electron chi connectivity index (χ2n) is 9.98. The first-order valence-electron chi connectivity index (χ1n) is 12.5. The maximum Gasteiger partial charge on any atom is 0.149 e. The molecule has 190 valence electrons. The van der Waals surface area contributed by atoms with E-state index in [0.29, 0.717) is 29.4 Å². The quantitative estimate of drug-likeness (QED) is 0.441. The van der Waals surface area contributed by atoms with Crippen molar-refractivity contribution in [1.82, 2.24) is 15.1 Å². The van der Waals surface area contributed by atoms with Crippen LogP contribution in [0.1, 0.15) is 56.0 Å². The summed E-state index contributed by atoms with van der Waals surface area (Å²) in [6, 6.07) is 5.00. The Morgan fingerprint density at radius 2 is 2.06 bits per heavy atom. The van der Waals surface area contributed by atoms with Gasteiger partial charge in [0.2, 0.25) is 0 Å². The lowest BCUT2D eigenvalue weighted by Crippen LogP contribution is -2.65. The molecular formula is C24H36ClFN4O4. The molecule has 3 unspecified atom stereocenters. The number of aliphatic hydroxyl groups excluding tert-OH is 2. The van der Waals surface area contributed by atoms with Gasteiger partial charge in [-0.2, -0.15) is 0 Å². The molecular weight excluding hydrogens is 463 g/mol. The Balaban J connectivity index is 1.37. The molecule has 0 saturated carbocycles. The van der Waals surface area contributed by atoms with Gasteiger partial charge < -0.3 is 25.4 Å². The first-order valence-corrected chi connectivity index (χ1v) is 12.8. The highest BCUT2D eigenvalue weighted by molar-refractivity contribution is 6.30. The Morgan fingerprint density at radius 3 is 2.85 bits per heavy atom. The van der Waals surface area contributed by atoms with Crippen LogP contribution in [0.25, 0.3) is 0 Å². The highest BCUT2D eigenvalue weighted by Crippen LogP contribution is 2.44. The molecule has 3 saturated heterocycles. The zero-order chi connectivity index (χ0) is 24.0. The number of aliphatic hydroxyl groups is 2. The van der Waals surface area contributed by atoms with Gasteiger partial charge in [0.25, 0.3) is 0 Å². The van der Waals surface area contributed by atoms with Crippen molar-refractivity contribution >= 4 is 11.6 Å². The highest BCUT2D eigenvalue weighted by Gasteiger charge is 2.55. The minimum absolute atomic E-state index is 0.0206. The predicted molar refractivity (Wildman–Crippen MR) is 125 cm³/mol. The van der Waals surface area contributed by atoms with Crippen LogP contribution < -0.4 is 11.1 Å². The van der Waals surface area contributed by atoms with E-state index in [1.807, 2.05) is 0 Å². The molecule has 5 N–H and O–H groups in total. The van der Waals surface area contributed by atoms with Crippen LogP contribution in [0.4, 0.5) is 4.39 Å². The van der Waals surface area contributed by atoms with Crippen molar-refractivity contribution in [2.24, 2.45) is 11.7 Å². The summed E-state index contributed by atoms with van der Waals surface area (Å²) in [7, 11) is 0. The molecule has 0 bridgehead atoms. The minimum Gasteiger partial charge on any atom is -0.387 e. The summed E-state index contributed by atoms with van der Waals surface area (Å²) in [6.45, 7) is 4.35. The number of fused-ring (bicyclic) bond motifs is 2. The number of nitrogens with one attached hydrogen (secondary N) is 1. The third-order valence-electron chi connectivity index (χ3n) is 7.87. The Hall–Kier alpha value is -0.880. The van der Waals surface area contributed by atoms with E-state index in [-0.39, 0.29) is 24.9 Å². The maximum absolute atomic E-state index is 14.5. The molecule has 3 fully saturated rings. The van der Waals surface area contributed by atoms with Crippen LogP contribution in [-0.2, 0) is 9.47 Å². The lowest BCUT2D eigenvalue weighted by atomic mass is 9.91. The number of nitrogens with zero attached hydrogens (tertiary/aromatic N) is 2. The Labute approximate surface area is 205 Å². The Morgan fingerprint density at radius 1 is 1.24 bits per heavy atom. The molecule has 0 amide bonds. The molecule has 0 aromatic heterocycles. The first-order chi connectivity index (χ1) is 16.4. The van der Waals surface area contributed by atoms with Crippen molar-refractivity contribution in [3.05, 3.63) is 34.3 Å². The fraction of sp³-hybridized carbons (Fsp3) is 0.750. The van der Waals surface area contributed by atoms with Gasteiger partial charge >= 0.3 is 0 Å². The molecule has 8 nitrogen and oxygen atoms in total. The maximum atomic E-state index is 14.5. The summed E-state index contributed by atoms with van der Waals surface area (Å²) in [5.41, 5.74) is 7.45. The van der Waals surface area contributed by atoms with E-state index in [4.69, 9.17) is 26.8 Å². The number of nitrogens with two attached hydrogens (primary N) is 1. The number of halogens is 2. The van der Waals surface area contributed by atoms with Crippen LogP contribution >= 0.6 is 11.6 Å². The van der Waals surface area contributed by atoms with Gasteiger partial charge in [-0.1, -0.05) is 37.4 Å². The summed E-state index contributed by atoms with van der Waals surface area (Å²) in [5.74, 6) is 0.198. The van der Waals surface area contributed by atoms with Gasteiger partial charge in [-0.15, -0.1) is 0 Å². The van der Waals surface area contributed by atoms with Crippen LogP contribution in [0.15, 0.2) is 18.2 Å². The topological polar surface area (TPSA) is 103 Å². The zero-order valence-electron chi connectivity index (χ0n) is 19.5. The van der Waals surface area contributed by atoms with Gasteiger partial charge in [-0.05, 0) is 36.1 Å². The minimum atomic E-state index is -1.29. The predicted octanol–water partition coefficient (Wildman–Crippen LogP) is 1.85. The first kappa shape index (κ1) is 24.8. The van der Waals surface area contributed by atoms with Gasteiger partial charge in [0.05, 0.1) is 25.6 Å². The molecule has 9 atom stereocenters. The van der Waals surface area contributed by atoms with E-state index < -0.39 is 36.8 Å². The van der Waals surface area contributed by atoms with Gasteiger partial charge in [-0.3, -0.25) is 15.1 Å². The monoisotopic (exact) mass is 498 g/mol. The smallest absolute Gasteiger partial charge is 0.149 e. The summed E-state index contributed by atoms with van der Waals surface area (Å²) < 4.78 is 26.7. The van der Waals surface area contributed by atoms with Crippen molar-refractivity contribution in [2.75, 3.05) is 26.4 Å². The zero-order valence-corrected chi connectivity index (χ0v) is 20.3. The number of hydrogen-bond donors (Lipinski definition) is 4. The van der Waals surface area contributed by atoms with E-state index in [2.05, 4.69) is 22.0 Å². The largest absolute Gasteiger partial charge is 0.387 e. The van der Waals surface area contributed by atoms with Gasteiger partial charge in [0.15, 0.2) is 0 Å². The molecule has 1 aromatic carbocycles. The molecule has 34 heavy (non-hydrogen) atoms. The van der Waals surface area contributed by atoms with Crippen molar-refractivity contribution in [3.63, 3.8) is 0 Å². The number of alkyl halides is 1. The number of rotatable bonds is 6. The normalized spacial score (nSPS) is 40.9. The van der Waals surface area contributed by atoms with Gasteiger partial charge in [-0.25, -0.2) is 4.39 Å². The second kappa shape index (κ2) is 10.2. The van der Waals surface area contributed by atoms with Crippen LogP contribution in [0.5, 0.6) is 0 Å². The number of ether oxygens (including phenoxy) is 2.